The van der Waals surface area contributed by atoms with Crippen LogP contribution < -0.4 is 19.9 Å². The van der Waals surface area contributed by atoms with E-state index in [1.54, 1.807) is 0 Å². The molecule has 4 nitrogen and oxygen atoms in total. The van der Waals surface area contributed by atoms with Crippen LogP contribution in [0.25, 0.3) is 90.9 Å². The molecule has 0 amide bonds. The smallest absolute Gasteiger partial charge is 0.656 e. The molecule has 3 aromatic heterocycles. The van der Waals surface area contributed by atoms with Crippen LogP contribution in [0.5, 0.6) is 0 Å². The number of benzene rings is 4. The molecule has 5 heteroatoms. The standard InChI is InChI=1S/C51H42N4.Mg/c1-6-33-14-18-36(19-15-33)49-43-27-25-40(53-43)47(34-10-8-7-9-11-34)39-24-26-41(52-39)48(35-16-12-32(2)13-17-35)42-28-30-45(54-42)50(46-31-29-44(49)55-46)37-20-22-38(23-21-37)51(3,4)5;/h7-31H,6H2,1-5H3;/q-2;+2/p+2. The van der Waals surface area contributed by atoms with Gasteiger partial charge in [0.15, 0.2) is 0 Å². The van der Waals surface area contributed by atoms with Gasteiger partial charge in [0.05, 0.1) is 0 Å². The summed E-state index contributed by atoms with van der Waals surface area (Å²) < 4.78 is 0. The zero-order chi connectivity index (χ0) is 37.7. The Morgan fingerprint density at radius 1 is 0.446 bits per heavy atom. The van der Waals surface area contributed by atoms with E-state index in [0.717, 1.165) is 95.8 Å². The molecule has 0 saturated carbocycles. The maximum Gasteiger partial charge on any atom is 2.00 e. The number of nitrogens with one attached hydrogen (secondary N) is 2. The number of rotatable bonds is 5. The fourth-order valence-electron chi connectivity index (χ4n) is 7.79. The maximum absolute atomic E-state index is 5.47. The van der Waals surface area contributed by atoms with Crippen molar-refractivity contribution in [3.05, 3.63) is 167 Å². The van der Waals surface area contributed by atoms with Crippen molar-refractivity contribution in [3.63, 3.8) is 0 Å². The Labute approximate surface area is 345 Å². The fourth-order valence-corrected chi connectivity index (χ4v) is 7.79. The van der Waals surface area contributed by atoms with Crippen molar-refractivity contribution in [1.82, 2.24) is 9.97 Å². The average molecular weight is 737 g/mol. The topological polar surface area (TPSA) is 56.5 Å². The molecule has 8 bridgehead atoms. The van der Waals surface area contributed by atoms with Crippen LogP contribution in [-0.2, 0) is 11.8 Å². The summed E-state index contributed by atoms with van der Waals surface area (Å²) in [6.45, 7) is 11.1. The number of fused-ring (bicyclic) bond motifs is 8. The number of hydrogen-bond acceptors (Lipinski definition) is 0. The van der Waals surface area contributed by atoms with Gasteiger partial charge in [0.2, 0.25) is 22.8 Å². The molecule has 0 fully saturated rings. The zero-order valence-corrected chi connectivity index (χ0v) is 34.2. The van der Waals surface area contributed by atoms with Gasteiger partial charge in [0, 0.05) is 46.6 Å². The van der Waals surface area contributed by atoms with Crippen molar-refractivity contribution >= 4 is 69.4 Å². The van der Waals surface area contributed by atoms with Crippen molar-refractivity contribution < 1.29 is 9.97 Å². The van der Waals surface area contributed by atoms with Crippen LogP contribution in [0.4, 0.5) is 0 Å². The first-order chi connectivity index (χ1) is 26.7. The molecule has 0 unspecified atom stereocenters. The van der Waals surface area contributed by atoms with Gasteiger partial charge in [0.1, 0.15) is 0 Å². The van der Waals surface area contributed by atoms with Gasteiger partial charge in [-0.05, 0) is 52.1 Å². The summed E-state index contributed by atoms with van der Waals surface area (Å²) in [6.07, 6.45) is 9.74. The molecule has 0 aliphatic carbocycles. The summed E-state index contributed by atoms with van der Waals surface area (Å²) >= 11 is 0. The molecule has 0 atom stereocenters. The minimum Gasteiger partial charge on any atom is -0.656 e. The van der Waals surface area contributed by atoms with Crippen molar-refractivity contribution in [2.45, 2.75) is 46.5 Å². The van der Waals surface area contributed by atoms with Crippen LogP contribution in [-0.4, -0.2) is 23.1 Å². The van der Waals surface area contributed by atoms with Crippen LogP contribution in [0.1, 0.15) is 67.2 Å². The van der Waals surface area contributed by atoms with Gasteiger partial charge in [-0.3, -0.25) is 0 Å². The Balaban J connectivity index is 0.00000441. The van der Waals surface area contributed by atoms with E-state index in [0.29, 0.717) is 0 Å². The fraction of sp³-hybridized carbons (Fsp3) is 0.137. The molecule has 7 aromatic rings. The third kappa shape index (κ3) is 6.98. The zero-order valence-electron chi connectivity index (χ0n) is 32.7. The molecule has 2 aliphatic heterocycles. The maximum atomic E-state index is 5.47. The number of aromatic amines is 2. The van der Waals surface area contributed by atoms with Crippen molar-refractivity contribution in [1.29, 1.82) is 0 Å². The molecule has 56 heavy (non-hydrogen) atoms. The van der Waals surface area contributed by atoms with E-state index < -0.39 is 0 Å². The first-order valence-corrected chi connectivity index (χ1v) is 19.2. The van der Waals surface area contributed by atoms with Crippen molar-refractivity contribution in [2.75, 3.05) is 0 Å². The molecule has 2 N–H and O–H groups in total. The predicted molar refractivity (Wildman–Crippen MR) is 235 cm³/mol. The van der Waals surface area contributed by atoms with E-state index in [1.165, 1.54) is 16.7 Å². The van der Waals surface area contributed by atoms with Crippen molar-refractivity contribution in [3.8, 4) is 44.5 Å². The summed E-state index contributed by atoms with van der Waals surface area (Å²) in [5, 5.41) is 0. The van der Waals surface area contributed by atoms with Gasteiger partial charge < -0.3 is 9.97 Å². The van der Waals surface area contributed by atoms with Gasteiger partial charge >= 0.3 is 23.1 Å². The second-order valence-corrected chi connectivity index (χ2v) is 15.6. The van der Waals surface area contributed by atoms with Gasteiger partial charge in [0.25, 0.3) is 0 Å². The Bertz CT molecular complexity index is 2800. The van der Waals surface area contributed by atoms with Crippen molar-refractivity contribution in [2.24, 2.45) is 0 Å². The summed E-state index contributed by atoms with van der Waals surface area (Å²) in [4.78, 5) is 18.6. The average Bonchev–Trinajstić information content (AvgIpc) is 4.04. The number of hydrogen-bond donors (Lipinski definition) is 0. The molecule has 5 heterocycles. The summed E-state index contributed by atoms with van der Waals surface area (Å²) in [5.74, 6) is 0. The quantitative estimate of drug-likeness (QED) is 0.165. The Kier molecular flexibility index (Phi) is 10.00. The number of aryl methyl sites for hydroxylation is 2. The summed E-state index contributed by atoms with van der Waals surface area (Å²) in [6, 6.07) is 45.8. The second-order valence-electron chi connectivity index (χ2n) is 15.6. The van der Waals surface area contributed by atoms with Gasteiger partial charge in [-0.15, -0.1) is 22.1 Å². The number of nitrogens with zero attached hydrogens (tertiary/aromatic N) is 2. The van der Waals surface area contributed by atoms with Crippen LogP contribution in [0, 0.1) is 6.92 Å². The van der Waals surface area contributed by atoms with Crippen LogP contribution in [0.2, 0.25) is 0 Å². The number of aromatic nitrogens is 4. The number of H-pyrrole nitrogens is 2. The van der Waals surface area contributed by atoms with Gasteiger partial charge in [-0.1, -0.05) is 161 Å². The third-order valence-electron chi connectivity index (χ3n) is 10.8. The largest absolute Gasteiger partial charge is 2.00 e. The van der Waals surface area contributed by atoms with Gasteiger partial charge in [-0.2, -0.15) is 0 Å². The predicted octanol–water partition coefficient (Wildman–Crippen LogP) is 11.2. The first kappa shape index (κ1) is 37.2. The molecular formula is C51H44MgN4+2. The summed E-state index contributed by atoms with van der Waals surface area (Å²) in [7, 11) is 0. The van der Waals surface area contributed by atoms with E-state index in [-0.39, 0.29) is 28.5 Å². The molecule has 9 rings (SSSR count). The van der Waals surface area contributed by atoms with E-state index in [4.69, 9.17) is 9.97 Å². The van der Waals surface area contributed by atoms with E-state index >= 15 is 0 Å². The molecule has 2 aliphatic rings. The molecule has 0 saturated heterocycles. The molecular weight excluding hydrogens is 693 g/mol. The van der Waals surface area contributed by atoms with Crippen LogP contribution in [0.3, 0.4) is 0 Å². The molecule has 0 spiro atoms. The van der Waals surface area contributed by atoms with Crippen LogP contribution in [0.15, 0.2) is 127 Å². The van der Waals surface area contributed by atoms with Crippen LogP contribution >= 0.6 is 0 Å². The van der Waals surface area contributed by atoms with E-state index in [9.17, 15) is 0 Å². The Morgan fingerprint density at radius 3 is 1.18 bits per heavy atom. The molecule has 0 radical (unpaired) electrons. The normalized spacial score (nSPS) is 12.2. The van der Waals surface area contributed by atoms with E-state index in [1.807, 2.05) is 0 Å². The molecule has 268 valence electrons. The Morgan fingerprint density at radius 2 is 0.804 bits per heavy atom. The minimum absolute atomic E-state index is 0. The Hall–Kier alpha value is -5.75. The van der Waals surface area contributed by atoms with Gasteiger partial charge in [-0.25, -0.2) is 9.97 Å². The SMILES string of the molecule is CCc1ccc(-c2c3[nH+]c(c(-c4ccccc4)c4ccc([n-]4)c(-c4ccc(C)cc4)c4[nH+]c(c(-c5ccc(C(C)(C)C)cc5)c5ccc2[n-]5)C=C4)C=C3)cc1.[Mg+2]. The monoisotopic (exact) mass is 736 g/mol. The van der Waals surface area contributed by atoms with E-state index in [2.05, 4.69) is 196 Å². The molecule has 4 aromatic carbocycles. The summed E-state index contributed by atoms with van der Waals surface area (Å²) in [5.41, 5.74) is 20.1. The third-order valence-corrected chi connectivity index (χ3v) is 10.8. The second kappa shape index (κ2) is 15.1. The minimum atomic E-state index is 0. The first-order valence-electron chi connectivity index (χ1n) is 19.2.